The summed E-state index contributed by atoms with van der Waals surface area (Å²) in [4.78, 5) is 8.45. The molecule has 0 saturated heterocycles. The number of anilines is 2. The molecule has 0 aliphatic heterocycles. The Kier molecular flexibility index (Phi) is 4.13. The highest BCUT2D eigenvalue weighted by molar-refractivity contribution is 5.38. The van der Waals surface area contributed by atoms with E-state index >= 15 is 0 Å². The quantitative estimate of drug-likeness (QED) is 0.887. The molecule has 0 radical (unpaired) electrons. The van der Waals surface area contributed by atoms with E-state index in [0.29, 0.717) is 11.8 Å². The van der Waals surface area contributed by atoms with E-state index in [-0.39, 0.29) is 5.41 Å². The largest absolute Gasteiger partial charge is 0.497 e. The predicted molar refractivity (Wildman–Crippen MR) is 88.1 cm³/mol. The molecule has 1 aliphatic rings. The van der Waals surface area contributed by atoms with Crippen LogP contribution in [0.25, 0.3) is 0 Å². The third-order valence-electron chi connectivity index (χ3n) is 4.53. The van der Waals surface area contributed by atoms with Gasteiger partial charge >= 0.3 is 0 Å². The fraction of sp³-hybridized carbons (Fsp3) is 0.412. The van der Waals surface area contributed by atoms with Crippen LogP contribution in [0.5, 0.6) is 5.75 Å². The first-order chi connectivity index (χ1) is 10.7. The summed E-state index contributed by atoms with van der Waals surface area (Å²) >= 11 is 0. The number of rotatable bonds is 5. The van der Waals surface area contributed by atoms with Gasteiger partial charge in [0, 0.05) is 18.2 Å². The van der Waals surface area contributed by atoms with Crippen molar-refractivity contribution in [3.63, 3.8) is 0 Å². The van der Waals surface area contributed by atoms with Gasteiger partial charge < -0.3 is 15.8 Å². The molecule has 0 bridgehead atoms. The van der Waals surface area contributed by atoms with Gasteiger partial charge in [0.2, 0.25) is 5.95 Å². The molecular formula is C17H22N4O. The predicted octanol–water partition coefficient (Wildman–Crippen LogP) is 2.99. The molecule has 5 heteroatoms. The Morgan fingerprint density at radius 1 is 1.18 bits per heavy atom. The number of methoxy groups -OCH3 is 1. The number of nitrogen functional groups attached to an aromatic ring is 1. The molecule has 1 aromatic carbocycles. The molecule has 1 saturated carbocycles. The highest BCUT2D eigenvalue weighted by Gasteiger charge is 2.35. The van der Waals surface area contributed by atoms with Crippen molar-refractivity contribution in [3.05, 3.63) is 42.1 Å². The lowest BCUT2D eigenvalue weighted by atomic mass is 9.79. The number of nitrogens with two attached hydrogens (primary N) is 1. The maximum atomic E-state index is 5.71. The number of aromatic nitrogens is 2. The molecule has 3 N–H and O–H groups in total. The van der Waals surface area contributed by atoms with Gasteiger partial charge in [-0.15, -0.1) is 0 Å². The van der Waals surface area contributed by atoms with Crippen molar-refractivity contribution in [2.75, 3.05) is 24.7 Å². The fourth-order valence-electron chi connectivity index (χ4n) is 3.27. The van der Waals surface area contributed by atoms with Gasteiger partial charge in [-0.3, -0.25) is 0 Å². The summed E-state index contributed by atoms with van der Waals surface area (Å²) in [5, 5.41) is 3.36. The monoisotopic (exact) mass is 298 g/mol. The topological polar surface area (TPSA) is 73.1 Å². The van der Waals surface area contributed by atoms with Crippen LogP contribution >= 0.6 is 0 Å². The van der Waals surface area contributed by atoms with E-state index in [1.54, 1.807) is 19.4 Å². The highest BCUT2D eigenvalue weighted by atomic mass is 16.5. The highest BCUT2D eigenvalue weighted by Crippen LogP contribution is 2.41. The number of nitrogens with zero attached hydrogens (tertiary/aromatic N) is 2. The molecule has 2 aromatic rings. The standard InChI is InChI=1S/C17H22N4O/c1-22-14-6-4-13(5-7-14)17(9-2-3-10-17)12-20-16-19-11-8-15(18)21-16/h4-8,11H,2-3,9-10,12H2,1H3,(H3,18,19,20,21). The van der Waals surface area contributed by atoms with Gasteiger partial charge in [0.1, 0.15) is 11.6 Å². The fourth-order valence-corrected chi connectivity index (χ4v) is 3.27. The van der Waals surface area contributed by atoms with Crippen LogP contribution in [-0.2, 0) is 5.41 Å². The van der Waals surface area contributed by atoms with E-state index in [9.17, 15) is 0 Å². The molecule has 0 unspecified atom stereocenters. The van der Waals surface area contributed by atoms with Crippen LogP contribution in [0.3, 0.4) is 0 Å². The molecule has 3 rings (SSSR count). The zero-order chi connectivity index (χ0) is 15.4. The van der Waals surface area contributed by atoms with E-state index in [1.807, 2.05) is 12.1 Å². The van der Waals surface area contributed by atoms with Crippen molar-refractivity contribution < 1.29 is 4.74 Å². The Balaban J connectivity index is 1.79. The van der Waals surface area contributed by atoms with Gasteiger partial charge in [0.05, 0.1) is 7.11 Å². The maximum absolute atomic E-state index is 5.71. The van der Waals surface area contributed by atoms with Crippen LogP contribution in [-0.4, -0.2) is 23.6 Å². The average molecular weight is 298 g/mol. The van der Waals surface area contributed by atoms with E-state index in [2.05, 4.69) is 27.4 Å². The SMILES string of the molecule is COc1ccc(C2(CNc3nccc(N)n3)CCCC2)cc1. The summed E-state index contributed by atoms with van der Waals surface area (Å²) in [5.74, 6) is 1.98. The van der Waals surface area contributed by atoms with Gasteiger partial charge in [-0.05, 0) is 36.6 Å². The zero-order valence-corrected chi connectivity index (χ0v) is 12.9. The lowest BCUT2D eigenvalue weighted by Gasteiger charge is -2.30. The number of hydrogen-bond donors (Lipinski definition) is 2. The molecular weight excluding hydrogens is 276 g/mol. The first-order valence-corrected chi connectivity index (χ1v) is 7.69. The van der Waals surface area contributed by atoms with E-state index in [0.717, 1.165) is 12.3 Å². The Labute approximate surface area is 130 Å². The number of nitrogens with one attached hydrogen (secondary N) is 1. The smallest absolute Gasteiger partial charge is 0.224 e. The minimum Gasteiger partial charge on any atom is -0.497 e. The van der Waals surface area contributed by atoms with Crippen molar-refractivity contribution in [1.82, 2.24) is 9.97 Å². The third-order valence-corrected chi connectivity index (χ3v) is 4.53. The Morgan fingerprint density at radius 3 is 2.55 bits per heavy atom. The minimum absolute atomic E-state index is 0.139. The second kappa shape index (κ2) is 6.22. The van der Waals surface area contributed by atoms with Gasteiger partial charge in [-0.2, -0.15) is 4.98 Å². The van der Waals surface area contributed by atoms with E-state index < -0.39 is 0 Å². The summed E-state index contributed by atoms with van der Waals surface area (Å²) in [6, 6.07) is 10.1. The molecule has 22 heavy (non-hydrogen) atoms. The summed E-state index contributed by atoms with van der Waals surface area (Å²) in [7, 11) is 1.69. The normalized spacial score (nSPS) is 16.4. The van der Waals surface area contributed by atoms with Crippen molar-refractivity contribution in [2.45, 2.75) is 31.1 Å². The van der Waals surface area contributed by atoms with Crippen molar-refractivity contribution >= 4 is 11.8 Å². The van der Waals surface area contributed by atoms with Crippen LogP contribution in [0.4, 0.5) is 11.8 Å². The van der Waals surface area contributed by atoms with E-state index in [1.165, 1.54) is 31.2 Å². The lowest BCUT2D eigenvalue weighted by Crippen LogP contribution is -2.32. The van der Waals surface area contributed by atoms with Crippen LogP contribution < -0.4 is 15.8 Å². The van der Waals surface area contributed by atoms with E-state index in [4.69, 9.17) is 10.5 Å². The molecule has 1 heterocycles. The van der Waals surface area contributed by atoms with Crippen LogP contribution in [0.1, 0.15) is 31.2 Å². The van der Waals surface area contributed by atoms with Gasteiger partial charge in [0.15, 0.2) is 0 Å². The zero-order valence-electron chi connectivity index (χ0n) is 12.9. The molecule has 1 aromatic heterocycles. The number of benzene rings is 1. The molecule has 116 valence electrons. The average Bonchev–Trinajstić information content (AvgIpc) is 3.03. The second-order valence-electron chi connectivity index (χ2n) is 5.87. The Hall–Kier alpha value is -2.30. The molecule has 0 spiro atoms. The summed E-state index contributed by atoms with van der Waals surface area (Å²) < 4.78 is 5.26. The van der Waals surface area contributed by atoms with Crippen LogP contribution in [0, 0.1) is 0 Å². The Bertz CT molecular complexity index is 621. The number of hydrogen-bond acceptors (Lipinski definition) is 5. The molecule has 0 amide bonds. The molecule has 1 aliphatic carbocycles. The number of ether oxygens (including phenoxy) is 1. The van der Waals surface area contributed by atoms with Gasteiger partial charge in [-0.1, -0.05) is 25.0 Å². The maximum Gasteiger partial charge on any atom is 0.224 e. The lowest BCUT2D eigenvalue weighted by molar-refractivity contribution is 0.413. The van der Waals surface area contributed by atoms with Gasteiger partial charge in [0.25, 0.3) is 0 Å². The molecule has 1 fully saturated rings. The van der Waals surface area contributed by atoms with Gasteiger partial charge in [-0.25, -0.2) is 4.98 Å². The second-order valence-corrected chi connectivity index (χ2v) is 5.87. The van der Waals surface area contributed by atoms with Crippen molar-refractivity contribution in [1.29, 1.82) is 0 Å². The van der Waals surface area contributed by atoms with Crippen LogP contribution in [0.15, 0.2) is 36.5 Å². The minimum atomic E-state index is 0.139. The van der Waals surface area contributed by atoms with Crippen LogP contribution in [0.2, 0.25) is 0 Å². The Morgan fingerprint density at radius 2 is 1.91 bits per heavy atom. The summed E-state index contributed by atoms with van der Waals surface area (Å²) in [6.45, 7) is 0.822. The summed E-state index contributed by atoms with van der Waals surface area (Å²) in [5.41, 5.74) is 7.20. The third kappa shape index (κ3) is 2.98. The molecule has 5 nitrogen and oxygen atoms in total. The summed E-state index contributed by atoms with van der Waals surface area (Å²) in [6.07, 6.45) is 6.54. The molecule has 0 atom stereocenters. The van der Waals surface area contributed by atoms with Crippen molar-refractivity contribution in [2.24, 2.45) is 0 Å². The first kappa shape index (κ1) is 14.6. The van der Waals surface area contributed by atoms with Crippen molar-refractivity contribution in [3.8, 4) is 5.75 Å². The first-order valence-electron chi connectivity index (χ1n) is 7.69.